The van der Waals surface area contributed by atoms with Crippen molar-refractivity contribution in [1.29, 1.82) is 0 Å². The second-order valence-corrected chi connectivity index (χ2v) is 10.1. The first-order valence-electron chi connectivity index (χ1n) is 10.4. The third-order valence-corrected chi connectivity index (χ3v) is 7.47. The largest absolute Gasteiger partial charge is 0.391 e. The molecule has 1 amide bonds. The van der Waals surface area contributed by atoms with Gasteiger partial charge in [-0.3, -0.25) is 4.79 Å². The molecule has 1 aliphatic rings. The van der Waals surface area contributed by atoms with Crippen molar-refractivity contribution in [3.63, 3.8) is 0 Å². The number of anilines is 1. The van der Waals surface area contributed by atoms with E-state index in [0.717, 1.165) is 11.1 Å². The van der Waals surface area contributed by atoms with Gasteiger partial charge in [0.1, 0.15) is 11.6 Å². The van der Waals surface area contributed by atoms with Crippen LogP contribution in [-0.2, 0) is 0 Å². The normalized spacial score (nSPS) is 16.8. The van der Waals surface area contributed by atoms with E-state index in [1.807, 2.05) is 25.1 Å². The van der Waals surface area contributed by atoms with E-state index in [-0.39, 0.29) is 16.2 Å². The Hall–Kier alpha value is -2.32. The van der Waals surface area contributed by atoms with E-state index in [2.05, 4.69) is 4.98 Å². The number of rotatable bonds is 5. The molecule has 2 heterocycles. The Labute approximate surface area is 205 Å². The van der Waals surface area contributed by atoms with E-state index < -0.39 is 11.9 Å². The van der Waals surface area contributed by atoms with E-state index in [4.69, 9.17) is 28.9 Å². The van der Waals surface area contributed by atoms with Crippen molar-refractivity contribution in [3.8, 4) is 11.1 Å². The molecule has 0 bridgehead atoms. The lowest BCUT2D eigenvalue weighted by Crippen LogP contribution is -2.29. The summed E-state index contributed by atoms with van der Waals surface area (Å²) in [6.07, 6.45) is 1.82. The summed E-state index contributed by atoms with van der Waals surface area (Å²) in [4.78, 5) is 19.3. The third-order valence-electron chi connectivity index (χ3n) is 5.59. The lowest BCUT2D eigenvalue weighted by atomic mass is 10.1. The van der Waals surface area contributed by atoms with Gasteiger partial charge in [0.25, 0.3) is 5.91 Å². The van der Waals surface area contributed by atoms with E-state index in [0.29, 0.717) is 46.4 Å². The van der Waals surface area contributed by atoms with Crippen molar-refractivity contribution >= 4 is 46.7 Å². The number of hydrogen-bond acceptors (Lipinski definition) is 5. The van der Waals surface area contributed by atoms with Crippen LogP contribution in [0.2, 0.25) is 10.0 Å². The Morgan fingerprint density at radius 1 is 1.24 bits per heavy atom. The Balaban J connectivity index is 1.55. The summed E-state index contributed by atoms with van der Waals surface area (Å²) >= 11 is 13.8. The Morgan fingerprint density at radius 3 is 2.64 bits per heavy atom. The standard InChI is InChI=1S/C24H22Cl2FN3O2S/c1-13(21-18(25)6-7-19(27)22(21)26)33-20-10-16(11-29-23(20)28)14-2-4-15(5-3-14)24(32)30-9-8-17(31)12-30/h2-7,10-11,13,17,31H,8-9,12H2,1H3,(H2,28,29). The molecule has 5 nitrogen and oxygen atoms in total. The smallest absolute Gasteiger partial charge is 0.253 e. The number of aromatic nitrogens is 1. The van der Waals surface area contributed by atoms with Crippen LogP contribution in [-0.4, -0.2) is 40.1 Å². The van der Waals surface area contributed by atoms with E-state index in [1.54, 1.807) is 23.2 Å². The first-order valence-corrected chi connectivity index (χ1v) is 12.0. The minimum atomic E-state index is -0.526. The molecular weight excluding hydrogens is 484 g/mol. The lowest BCUT2D eigenvalue weighted by Gasteiger charge is -2.17. The molecule has 1 aromatic heterocycles. The minimum Gasteiger partial charge on any atom is -0.391 e. The molecule has 9 heteroatoms. The SMILES string of the molecule is CC(Sc1cc(-c2ccc(C(=O)N3CCC(O)C3)cc2)cnc1N)c1c(Cl)ccc(F)c1Cl. The van der Waals surface area contributed by atoms with Gasteiger partial charge in [-0.05, 0) is 49.2 Å². The zero-order valence-corrected chi connectivity index (χ0v) is 20.1. The number of thioether (sulfide) groups is 1. The van der Waals surface area contributed by atoms with Crippen LogP contribution in [0.1, 0.15) is 34.5 Å². The molecule has 0 aliphatic carbocycles. The molecule has 3 N–H and O–H groups in total. The zero-order valence-electron chi connectivity index (χ0n) is 17.8. The summed E-state index contributed by atoms with van der Waals surface area (Å²) in [5.74, 6) is -0.275. The van der Waals surface area contributed by atoms with Crippen LogP contribution >= 0.6 is 35.0 Å². The molecule has 3 aromatic rings. The predicted molar refractivity (Wildman–Crippen MR) is 131 cm³/mol. The van der Waals surface area contributed by atoms with Crippen LogP contribution < -0.4 is 5.73 Å². The molecule has 0 saturated carbocycles. The fourth-order valence-corrected chi connectivity index (χ4v) is 5.73. The molecule has 172 valence electrons. The number of nitrogens with zero attached hydrogens (tertiary/aromatic N) is 2. The molecule has 4 rings (SSSR count). The monoisotopic (exact) mass is 505 g/mol. The lowest BCUT2D eigenvalue weighted by molar-refractivity contribution is 0.0765. The molecule has 2 aromatic carbocycles. The van der Waals surface area contributed by atoms with Crippen LogP contribution in [0.4, 0.5) is 10.2 Å². The van der Waals surface area contributed by atoms with Gasteiger partial charge in [0.05, 0.1) is 16.0 Å². The maximum atomic E-state index is 14.0. The number of hydrogen-bond donors (Lipinski definition) is 2. The van der Waals surface area contributed by atoms with Crippen molar-refractivity contribution < 1.29 is 14.3 Å². The first kappa shape index (κ1) is 23.8. The van der Waals surface area contributed by atoms with Crippen LogP contribution in [0.3, 0.4) is 0 Å². The molecule has 1 aliphatic heterocycles. The topological polar surface area (TPSA) is 79.5 Å². The molecule has 33 heavy (non-hydrogen) atoms. The van der Waals surface area contributed by atoms with Crippen LogP contribution in [0.25, 0.3) is 11.1 Å². The van der Waals surface area contributed by atoms with E-state index in [9.17, 15) is 14.3 Å². The Kier molecular flexibility index (Phi) is 7.14. The predicted octanol–water partition coefficient (Wildman–Crippen LogP) is 5.84. The Morgan fingerprint density at radius 2 is 1.97 bits per heavy atom. The maximum absolute atomic E-state index is 14.0. The average molecular weight is 506 g/mol. The average Bonchev–Trinajstić information content (AvgIpc) is 3.24. The van der Waals surface area contributed by atoms with Crippen LogP contribution in [0.5, 0.6) is 0 Å². The van der Waals surface area contributed by atoms with Crippen molar-refractivity contribution in [3.05, 3.63) is 75.7 Å². The number of β-amino-alcohol motifs (C(OH)–C–C–N with tert-alkyl or cyclic N) is 1. The number of likely N-dealkylation sites (tertiary alicyclic amines) is 1. The van der Waals surface area contributed by atoms with Crippen molar-refractivity contribution in [2.75, 3.05) is 18.8 Å². The number of aliphatic hydroxyl groups excluding tert-OH is 1. The fourth-order valence-electron chi connectivity index (χ4n) is 3.79. The van der Waals surface area contributed by atoms with Crippen molar-refractivity contribution in [1.82, 2.24) is 9.88 Å². The zero-order chi connectivity index (χ0) is 23.7. The van der Waals surface area contributed by atoms with Gasteiger partial charge in [0.15, 0.2) is 0 Å². The molecule has 0 radical (unpaired) electrons. The molecule has 2 unspecified atom stereocenters. The fraction of sp³-hybridized carbons (Fsp3) is 0.250. The van der Waals surface area contributed by atoms with Crippen molar-refractivity contribution in [2.24, 2.45) is 0 Å². The van der Waals surface area contributed by atoms with Crippen LogP contribution in [0.15, 0.2) is 53.6 Å². The quantitative estimate of drug-likeness (QED) is 0.336. The highest BCUT2D eigenvalue weighted by Gasteiger charge is 2.25. The number of carbonyl (C=O) groups excluding carboxylic acids is 1. The molecule has 1 saturated heterocycles. The van der Waals surface area contributed by atoms with Gasteiger partial charge in [0, 0.05) is 46.2 Å². The van der Waals surface area contributed by atoms with Gasteiger partial charge in [-0.2, -0.15) is 0 Å². The van der Waals surface area contributed by atoms with Gasteiger partial charge >= 0.3 is 0 Å². The van der Waals surface area contributed by atoms with E-state index >= 15 is 0 Å². The van der Waals surface area contributed by atoms with Crippen molar-refractivity contribution in [2.45, 2.75) is 29.6 Å². The number of benzene rings is 2. The number of pyridine rings is 1. The summed E-state index contributed by atoms with van der Waals surface area (Å²) in [7, 11) is 0. The van der Waals surface area contributed by atoms with Crippen LogP contribution in [0, 0.1) is 5.82 Å². The maximum Gasteiger partial charge on any atom is 0.253 e. The number of carbonyl (C=O) groups is 1. The summed E-state index contributed by atoms with van der Waals surface area (Å²) in [6, 6.07) is 11.9. The van der Waals surface area contributed by atoms with Gasteiger partial charge in [0.2, 0.25) is 0 Å². The molecule has 0 spiro atoms. The van der Waals surface area contributed by atoms with Gasteiger partial charge < -0.3 is 15.7 Å². The third kappa shape index (κ3) is 5.11. The van der Waals surface area contributed by atoms with Gasteiger partial charge in [-0.25, -0.2) is 9.37 Å². The second kappa shape index (κ2) is 9.89. The first-order chi connectivity index (χ1) is 15.7. The van der Waals surface area contributed by atoms with Gasteiger partial charge in [-0.15, -0.1) is 11.8 Å². The van der Waals surface area contributed by atoms with E-state index in [1.165, 1.54) is 23.9 Å². The summed E-state index contributed by atoms with van der Waals surface area (Å²) in [5.41, 5.74) is 8.87. The number of nitrogen functional groups attached to an aromatic ring is 1. The Bertz CT molecular complexity index is 1190. The number of nitrogens with two attached hydrogens (primary N) is 1. The number of aliphatic hydroxyl groups is 1. The highest BCUT2D eigenvalue weighted by Crippen LogP contribution is 2.44. The summed E-state index contributed by atoms with van der Waals surface area (Å²) in [6.45, 7) is 2.79. The molecular formula is C24H22Cl2FN3O2S. The second-order valence-electron chi connectivity index (χ2n) is 7.90. The number of amides is 1. The molecule has 1 fully saturated rings. The van der Waals surface area contributed by atoms with Gasteiger partial charge in [-0.1, -0.05) is 35.3 Å². The highest BCUT2D eigenvalue weighted by atomic mass is 35.5. The summed E-state index contributed by atoms with van der Waals surface area (Å²) < 4.78 is 14.0. The number of halogens is 3. The molecule has 2 atom stereocenters. The minimum absolute atomic E-state index is 0.00374. The highest BCUT2D eigenvalue weighted by molar-refractivity contribution is 7.99. The summed E-state index contributed by atoms with van der Waals surface area (Å²) in [5, 5.41) is 9.78.